The Balaban J connectivity index is 1.34. The molecule has 0 N–H and O–H groups in total. The number of carbonyl (C=O) groups is 1. The van der Waals surface area contributed by atoms with E-state index in [1.54, 1.807) is 0 Å². The summed E-state index contributed by atoms with van der Waals surface area (Å²) in [5.74, 6) is 0.230. The van der Waals surface area contributed by atoms with Gasteiger partial charge in [-0.1, -0.05) is 66.7 Å². The van der Waals surface area contributed by atoms with Crippen molar-refractivity contribution in [1.29, 1.82) is 0 Å². The van der Waals surface area contributed by atoms with E-state index in [2.05, 4.69) is 28.4 Å². The molecule has 2 heterocycles. The molecule has 0 spiro atoms. The van der Waals surface area contributed by atoms with Crippen LogP contribution in [0.15, 0.2) is 89.3 Å². The third-order valence-electron chi connectivity index (χ3n) is 6.33. The summed E-state index contributed by atoms with van der Waals surface area (Å²) in [4.78, 5) is 18.5. The molecule has 0 amide bonds. The second kappa shape index (κ2) is 9.58. The minimum Gasteiger partial charge on any atom is -0.452 e. The van der Waals surface area contributed by atoms with Gasteiger partial charge < -0.3 is 9.15 Å². The fraction of sp³-hybridized carbons (Fsp3) is 0.133. The molecule has 176 valence electrons. The second-order valence-corrected chi connectivity index (χ2v) is 8.71. The molecule has 0 radical (unpaired) electrons. The van der Waals surface area contributed by atoms with Gasteiger partial charge in [-0.2, -0.15) is 0 Å². The molecule has 6 rings (SSSR count). The van der Waals surface area contributed by atoms with E-state index in [0.29, 0.717) is 11.5 Å². The van der Waals surface area contributed by atoms with Crippen LogP contribution < -0.4 is 0 Å². The summed E-state index contributed by atoms with van der Waals surface area (Å²) >= 11 is 0. The van der Waals surface area contributed by atoms with Gasteiger partial charge in [0.25, 0.3) is 5.89 Å². The van der Waals surface area contributed by atoms with Gasteiger partial charge in [0.1, 0.15) is 0 Å². The maximum absolute atomic E-state index is 13.5. The number of hydrogen-bond donors (Lipinski definition) is 0. The van der Waals surface area contributed by atoms with Gasteiger partial charge in [0.05, 0.1) is 16.8 Å². The third kappa shape index (κ3) is 4.29. The maximum atomic E-state index is 13.5. The number of hydrogen-bond acceptors (Lipinski definition) is 6. The Morgan fingerprint density at radius 3 is 2.47 bits per heavy atom. The largest absolute Gasteiger partial charge is 0.452 e. The van der Waals surface area contributed by atoms with Crippen molar-refractivity contribution in [3.63, 3.8) is 0 Å². The number of para-hydroxylation sites is 1. The highest BCUT2D eigenvalue weighted by Crippen LogP contribution is 2.36. The predicted octanol–water partition coefficient (Wildman–Crippen LogP) is 6.52. The molecule has 2 aromatic heterocycles. The van der Waals surface area contributed by atoms with E-state index in [1.165, 1.54) is 0 Å². The third-order valence-corrected chi connectivity index (χ3v) is 6.33. The summed E-state index contributed by atoms with van der Waals surface area (Å²) < 4.78 is 11.4. The molecule has 5 aromatic rings. The molecule has 6 nitrogen and oxygen atoms in total. The average molecular weight is 474 g/mol. The van der Waals surface area contributed by atoms with Gasteiger partial charge in [-0.05, 0) is 60.2 Å². The van der Waals surface area contributed by atoms with E-state index in [1.807, 2.05) is 72.8 Å². The average Bonchev–Trinajstić information content (AvgIpc) is 3.41. The maximum Gasteiger partial charge on any atom is 0.339 e. The molecular formula is C30H23N3O3. The highest BCUT2D eigenvalue weighted by molar-refractivity contribution is 6.06. The highest BCUT2D eigenvalue weighted by Gasteiger charge is 2.26. The second-order valence-electron chi connectivity index (χ2n) is 8.71. The number of pyridine rings is 1. The molecule has 0 unspecified atom stereocenters. The molecule has 3 aromatic carbocycles. The number of rotatable bonds is 5. The fourth-order valence-corrected chi connectivity index (χ4v) is 4.67. The molecule has 36 heavy (non-hydrogen) atoms. The summed E-state index contributed by atoms with van der Waals surface area (Å²) in [5.41, 5.74) is 6.21. The van der Waals surface area contributed by atoms with E-state index >= 15 is 0 Å². The number of esters is 1. The van der Waals surface area contributed by atoms with E-state index in [-0.39, 0.29) is 12.5 Å². The predicted molar refractivity (Wildman–Crippen MR) is 138 cm³/mol. The smallest absolute Gasteiger partial charge is 0.339 e. The molecule has 0 saturated carbocycles. The van der Waals surface area contributed by atoms with Crippen LogP contribution in [0.4, 0.5) is 0 Å². The first-order chi connectivity index (χ1) is 17.8. The van der Waals surface area contributed by atoms with Crippen LogP contribution >= 0.6 is 0 Å². The van der Waals surface area contributed by atoms with E-state index in [4.69, 9.17) is 14.1 Å². The molecule has 0 fully saturated rings. The molecule has 0 aliphatic heterocycles. The number of ether oxygens (including phenoxy) is 1. The van der Waals surface area contributed by atoms with Gasteiger partial charge >= 0.3 is 5.97 Å². The zero-order valence-electron chi connectivity index (χ0n) is 19.6. The Hall–Kier alpha value is -4.58. The molecule has 0 bridgehead atoms. The minimum atomic E-state index is -0.412. The van der Waals surface area contributed by atoms with Crippen LogP contribution in [0.3, 0.4) is 0 Å². The van der Waals surface area contributed by atoms with Gasteiger partial charge in [0.2, 0.25) is 5.89 Å². The van der Waals surface area contributed by atoms with Crippen LogP contribution in [-0.2, 0) is 17.8 Å². The van der Waals surface area contributed by atoms with Gasteiger partial charge in [0, 0.05) is 10.9 Å². The van der Waals surface area contributed by atoms with Crippen molar-refractivity contribution in [3.05, 3.63) is 113 Å². The van der Waals surface area contributed by atoms with E-state index < -0.39 is 5.97 Å². The van der Waals surface area contributed by atoms with Crippen LogP contribution in [0.2, 0.25) is 0 Å². The van der Waals surface area contributed by atoms with Gasteiger partial charge in [0.15, 0.2) is 6.61 Å². The Morgan fingerprint density at radius 1 is 0.889 bits per heavy atom. The zero-order chi connectivity index (χ0) is 24.3. The topological polar surface area (TPSA) is 78.1 Å². The van der Waals surface area contributed by atoms with Crippen LogP contribution in [0.5, 0.6) is 0 Å². The SMILES string of the molecule is O=C(OCc1nnc(-c2ccccc2)o1)c1c2c(nc3ccccc13)/C(=C/c1ccccc1)CCC2. The van der Waals surface area contributed by atoms with Crippen molar-refractivity contribution in [2.24, 2.45) is 0 Å². The number of benzene rings is 3. The quantitative estimate of drug-likeness (QED) is 0.271. The Kier molecular flexibility index (Phi) is 5.83. The van der Waals surface area contributed by atoms with Crippen LogP contribution in [0, 0.1) is 0 Å². The van der Waals surface area contributed by atoms with Gasteiger partial charge in [-0.3, -0.25) is 0 Å². The Morgan fingerprint density at radius 2 is 1.64 bits per heavy atom. The lowest BCUT2D eigenvalue weighted by atomic mass is 9.86. The van der Waals surface area contributed by atoms with Crippen molar-refractivity contribution >= 4 is 28.5 Å². The number of carbonyl (C=O) groups excluding carboxylic acids is 1. The first-order valence-corrected chi connectivity index (χ1v) is 12.0. The van der Waals surface area contributed by atoms with Crippen molar-refractivity contribution < 1.29 is 13.9 Å². The molecule has 0 saturated heterocycles. The normalized spacial score (nSPS) is 14.1. The Bertz CT molecular complexity index is 1570. The lowest BCUT2D eigenvalue weighted by Gasteiger charge is -2.22. The number of aromatic nitrogens is 3. The summed E-state index contributed by atoms with van der Waals surface area (Å²) in [7, 11) is 0. The summed E-state index contributed by atoms with van der Waals surface area (Å²) in [6, 6.07) is 27.4. The van der Waals surface area contributed by atoms with E-state index in [9.17, 15) is 4.79 Å². The highest BCUT2D eigenvalue weighted by atomic mass is 16.5. The first kappa shape index (κ1) is 21.9. The Labute approximate surface area is 208 Å². The van der Waals surface area contributed by atoms with Crippen molar-refractivity contribution in [1.82, 2.24) is 15.2 Å². The molecule has 0 atom stereocenters. The van der Waals surface area contributed by atoms with Gasteiger partial charge in [-0.15, -0.1) is 10.2 Å². The van der Waals surface area contributed by atoms with Crippen molar-refractivity contribution in [3.8, 4) is 11.5 Å². The summed E-state index contributed by atoms with van der Waals surface area (Å²) in [6.45, 7) is -0.100. The summed E-state index contributed by atoms with van der Waals surface area (Å²) in [6.07, 6.45) is 4.78. The lowest BCUT2D eigenvalue weighted by Crippen LogP contribution is -2.15. The van der Waals surface area contributed by atoms with Crippen molar-refractivity contribution in [2.45, 2.75) is 25.9 Å². The first-order valence-electron chi connectivity index (χ1n) is 12.0. The number of nitrogens with zero attached hydrogens (tertiary/aromatic N) is 3. The zero-order valence-corrected chi connectivity index (χ0v) is 19.6. The van der Waals surface area contributed by atoms with Crippen molar-refractivity contribution in [2.75, 3.05) is 0 Å². The minimum absolute atomic E-state index is 0.100. The standard InChI is InChI=1S/C30H23N3O3/c34-30(35-19-26-32-33-29(36-26)21-12-5-2-6-13-21)27-23-15-7-8-17-25(23)31-28-22(14-9-16-24(27)28)18-20-10-3-1-4-11-20/h1-8,10-13,15,17-18H,9,14,16,19H2/b22-18+. The van der Waals surface area contributed by atoms with Crippen LogP contribution in [0.25, 0.3) is 34.0 Å². The van der Waals surface area contributed by atoms with Crippen LogP contribution in [-0.4, -0.2) is 21.2 Å². The monoisotopic (exact) mass is 473 g/mol. The van der Waals surface area contributed by atoms with Gasteiger partial charge in [-0.25, -0.2) is 9.78 Å². The van der Waals surface area contributed by atoms with E-state index in [0.717, 1.165) is 58.1 Å². The summed E-state index contributed by atoms with van der Waals surface area (Å²) in [5, 5.41) is 8.92. The molecule has 6 heteroatoms. The lowest BCUT2D eigenvalue weighted by molar-refractivity contribution is 0.0439. The fourth-order valence-electron chi connectivity index (χ4n) is 4.67. The molecular weight excluding hydrogens is 450 g/mol. The number of allylic oxidation sites excluding steroid dienone is 1. The van der Waals surface area contributed by atoms with Crippen LogP contribution in [0.1, 0.15) is 45.9 Å². The molecule has 1 aliphatic carbocycles. The molecule has 1 aliphatic rings. The number of fused-ring (bicyclic) bond motifs is 2.